The molecule has 0 radical (unpaired) electrons. The molecule has 17 nitrogen and oxygen atoms in total. The van der Waals surface area contributed by atoms with Crippen LogP contribution in [-0.4, -0.2) is 111 Å². The van der Waals surface area contributed by atoms with Gasteiger partial charge in [0.1, 0.15) is 65.0 Å². The van der Waals surface area contributed by atoms with Gasteiger partial charge >= 0.3 is 5.79 Å². The molecule has 4 aromatic rings. The molecule has 0 spiro atoms. The smallest absolute Gasteiger partial charge is 0.305 e. The molecule has 0 saturated carbocycles. The Labute approximate surface area is 298 Å². The summed E-state index contributed by atoms with van der Waals surface area (Å²) in [7, 11) is 0. The summed E-state index contributed by atoms with van der Waals surface area (Å²) in [6, 6.07) is 10.7. The minimum atomic E-state index is -2.30. The third kappa shape index (κ3) is 5.27. The maximum Gasteiger partial charge on any atom is 0.305 e. The van der Waals surface area contributed by atoms with E-state index in [0.717, 1.165) is 24.3 Å². The highest BCUT2D eigenvalue weighted by Crippen LogP contribution is 2.63. The fourth-order valence-corrected chi connectivity index (χ4v) is 7.56. The van der Waals surface area contributed by atoms with Gasteiger partial charge in [-0.3, -0.25) is 0 Å². The van der Waals surface area contributed by atoms with Gasteiger partial charge in [0.25, 0.3) is 0 Å². The van der Waals surface area contributed by atoms with Crippen LogP contribution in [0.5, 0.6) is 57.5 Å². The molecule has 12 N–H and O–H groups in total. The Hall–Kier alpha value is -5.40. The van der Waals surface area contributed by atoms with Gasteiger partial charge in [-0.15, -0.1) is 0 Å². The molecule has 10 atom stereocenters. The van der Waals surface area contributed by atoms with Gasteiger partial charge in [0, 0.05) is 46.9 Å². The summed E-state index contributed by atoms with van der Waals surface area (Å²) in [5, 5.41) is 128. The fourth-order valence-electron chi connectivity index (χ4n) is 7.56. The van der Waals surface area contributed by atoms with Gasteiger partial charge in [0.15, 0.2) is 35.4 Å². The van der Waals surface area contributed by atoms with Crippen molar-refractivity contribution < 1.29 is 85.0 Å². The van der Waals surface area contributed by atoms with E-state index in [9.17, 15) is 61.3 Å². The topological polar surface area (TPSA) is 289 Å². The lowest BCUT2D eigenvalue weighted by molar-refractivity contribution is -0.345. The standard InChI is InChI=1S/C36H34O17/c37-11-25-29(46)30(47)31(48)35(49-25)51-34-28-26-21(44)7-14(38)8-23(26)52-36(34,13-2-4-17(40)20(43)6-13)53-24-10-18(41)15-9-22(45)32(50-33(15)27(24)28)12-1-3-16(39)19(42)5-12/h1-8,10,22,25,28-32,34-35,37-48H,9,11H2/t22-,25+,28-,29-,30-,31+,32-,34-,35-,36+/m0/s1. The number of benzene rings is 4. The summed E-state index contributed by atoms with van der Waals surface area (Å²) in [5.74, 6) is -7.45. The van der Waals surface area contributed by atoms with E-state index in [1.165, 1.54) is 30.3 Å². The number of phenolic OH excluding ortho intramolecular Hbond substituents is 7. The van der Waals surface area contributed by atoms with E-state index < -0.39 is 108 Å². The summed E-state index contributed by atoms with van der Waals surface area (Å²) in [6.07, 6.45) is -13.2. The van der Waals surface area contributed by atoms with E-state index in [1.807, 2.05) is 0 Å². The molecule has 17 heteroatoms. The minimum Gasteiger partial charge on any atom is -0.508 e. The molecule has 53 heavy (non-hydrogen) atoms. The lowest BCUT2D eigenvalue weighted by Gasteiger charge is -2.53. The molecule has 0 amide bonds. The van der Waals surface area contributed by atoms with Gasteiger partial charge in [-0.05, 0) is 35.9 Å². The lowest BCUT2D eigenvalue weighted by Crippen LogP contribution is -2.64. The Morgan fingerprint density at radius 3 is 2.04 bits per heavy atom. The van der Waals surface area contributed by atoms with Gasteiger partial charge < -0.3 is 85.0 Å². The summed E-state index contributed by atoms with van der Waals surface area (Å²) in [6.45, 7) is -0.800. The van der Waals surface area contributed by atoms with Crippen LogP contribution in [0, 0.1) is 0 Å². The highest BCUT2D eigenvalue weighted by atomic mass is 16.8. The number of phenols is 7. The van der Waals surface area contributed by atoms with E-state index >= 15 is 0 Å². The predicted octanol–water partition coefficient (Wildman–Crippen LogP) is 0.618. The largest absolute Gasteiger partial charge is 0.508 e. The van der Waals surface area contributed by atoms with E-state index in [2.05, 4.69) is 0 Å². The Morgan fingerprint density at radius 1 is 0.679 bits per heavy atom. The van der Waals surface area contributed by atoms with Crippen molar-refractivity contribution in [2.45, 2.75) is 67.1 Å². The Morgan fingerprint density at radius 2 is 1.36 bits per heavy atom. The quantitative estimate of drug-likeness (QED) is 0.125. The van der Waals surface area contributed by atoms with Gasteiger partial charge in [-0.2, -0.15) is 0 Å². The van der Waals surface area contributed by atoms with Crippen LogP contribution >= 0.6 is 0 Å². The maximum absolute atomic E-state index is 11.5. The monoisotopic (exact) mass is 738 g/mol. The van der Waals surface area contributed by atoms with Crippen LogP contribution in [0.1, 0.15) is 39.8 Å². The lowest BCUT2D eigenvalue weighted by atomic mass is 9.74. The average Bonchev–Trinajstić information content (AvgIpc) is 3.11. The van der Waals surface area contributed by atoms with Crippen LogP contribution < -0.4 is 14.2 Å². The van der Waals surface area contributed by atoms with Crippen molar-refractivity contribution in [3.8, 4) is 57.5 Å². The second kappa shape index (κ2) is 12.3. The first kappa shape index (κ1) is 34.7. The van der Waals surface area contributed by atoms with Crippen LogP contribution in [0.25, 0.3) is 0 Å². The Bertz CT molecular complexity index is 2100. The Kier molecular flexibility index (Phi) is 8.08. The zero-order valence-corrected chi connectivity index (χ0v) is 27.2. The number of ether oxygens (including phenoxy) is 5. The number of hydrogen-bond acceptors (Lipinski definition) is 17. The van der Waals surface area contributed by atoms with E-state index in [1.54, 1.807) is 0 Å². The molecule has 280 valence electrons. The van der Waals surface area contributed by atoms with E-state index in [-0.39, 0.29) is 51.5 Å². The van der Waals surface area contributed by atoms with Gasteiger partial charge in [-0.1, -0.05) is 6.07 Å². The van der Waals surface area contributed by atoms with Crippen LogP contribution in [-0.2, 0) is 21.7 Å². The molecule has 4 aliphatic heterocycles. The highest BCUT2D eigenvalue weighted by molar-refractivity contribution is 5.68. The average molecular weight is 739 g/mol. The summed E-state index contributed by atoms with van der Waals surface area (Å²) in [4.78, 5) is 0. The second-order valence-electron chi connectivity index (χ2n) is 13.4. The zero-order valence-electron chi connectivity index (χ0n) is 27.2. The SMILES string of the molecule is OC[C@H]1O[C@@H](O[C@H]2[C@H]3c4c(O)cc(O)cc4O[C@]2(c2ccc(O)c(O)c2)Oc2cc(O)c4c(c23)O[C@@H](c2ccc(O)c(O)c2)[C@@H](O)C4)[C@H](O)[C@@H](O)[C@H]1O. The molecule has 4 heterocycles. The number of hydrogen-bond donors (Lipinski definition) is 12. The molecule has 4 aliphatic rings. The second-order valence-corrected chi connectivity index (χ2v) is 13.4. The van der Waals surface area contributed by atoms with Crippen molar-refractivity contribution in [1.82, 2.24) is 0 Å². The van der Waals surface area contributed by atoms with E-state index in [0.29, 0.717) is 0 Å². The maximum atomic E-state index is 11.5. The van der Waals surface area contributed by atoms with Crippen molar-refractivity contribution in [3.63, 3.8) is 0 Å². The van der Waals surface area contributed by atoms with Gasteiger partial charge in [-0.25, -0.2) is 0 Å². The summed E-state index contributed by atoms with van der Waals surface area (Å²) in [5.41, 5.74) is 0.318. The normalized spacial score (nSPS) is 31.2. The van der Waals surface area contributed by atoms with Crippen molar-refractivity contribution >= 4 is 0 Å². The first-order valence-electron chi connectivity index (χ1n) is 16.4. The molecular weight excluding hydrogens is 704 g/mol. The van der Waals surface area contributed by atoms with Crippen molar-refractivity contribution in [3.05, 3.63) is 82.4 Å². The fraction of sp³-hybridized carbons (Fsp3) is 0.333. The number of fused-ring (bicyclic) bond motifs is 8. The third-order valence-corrected chi connectivity index (χ3v) is 10.1. The highest BCUT2D eigenvalue weighted by Gasteiger charge is 2.63. The number of rotatable bonds is 5. The third-order valence-electron chi connectivity index (χ3n) is 10.1. The van der Waals surface area contributed by atoms with E-state index in [4.69, 9.17) is 23.7 Å². The van der Waals surface area contributed by atoms with Crippen molar-refractivity contribution in [1.29, 1.82) is 0 Å². The molecule has 8 rings (SSSR count). The predicted molar refractivity (Wildman–Crippen MR) is 174 cm³/mol. The summed E-state index contributed by atoms with van der Waals surface area (Å²) < 4.78 is 31.5. The zero-order chi connectivity index (χ0) is 37.7. The van der Waals surface area contributed by atoms with Gasteiger partial charge in [0.2, 0.25) is 0 Å². The number of aliphatic hydroxyl groups excluding tert-OH is 5. The molecule has 1 saturated heterocycles. The molecular formula is C36H34O17. The van der Waals surface area contributed by atoms with Crippen LogP contribution in [0.15, 0.2) is 54.6 Å². The van der Waals surface area contributed by atoms with Crippen LogP contribution in [0.4, 0.5) is 0 Å². The molecule has 4 aromatic carbocycles. The summed E-state index contributed by atoms with van der Waals surface area (Å²) >= 11 is 0. The van der Waals surface area contributed by atoms with Crippen molar-refractivity contribution in [2.24, 2.45) is 0 Å². The molecule has 0 aliphatic carbocycles. The number of aromatic hydroxyl groups is 7. The Balaban J connectivity index is 1.38. The number of aliphatic hydroxyl groups is 5. The van der Waals surface area contributed by atoms with Gasteiger partial charge in [0.05, 0.1) is 18.6 Å². The van der Waals surface area contributed by atoms with Crippen LogP contribution in [0.2, 0.25) is 0 Å². The molecule has 1 fully saturated rings. The van der Waals surface area contributed by atoms with Crippen LogP contribution in [0.3, 0.4) is 0 Å². The van der Waals surface area contributed by atoms with Crippen molar-refractivity contribution in [2.75, 3.05) is 6.61 Å². The molecule has 2 bridgehead atoms. The minimum absolute atomic E-state index is 0.0398. The molecule has 0 unspecified atom stereocenters. The first-order chi connectivity index (χ1) is 25.2. The molecule has 0 aromatic heterocycles. The first-order valence-corrected chi connectivity index (χ1v) is 16.4.